The molecule has 2 aliphatic heterocycles. The average molecular weight is 444 g/mol. The molecule has 0 radical (unpaired) electrons. The Labute approximate surface area is 184 Å². The summed E-state index contributed by atoms with van der Waals surface area (Å²) in [6, 6.07) is 7.02. The smallest absolute Gasteiger partial charge is 0.223 e. The quantitative estimate of drug-likeness (QED) is 0.633. The fourth-order valence-corrected chi connectivity index (χ4v) is 4.94. The molecule has 4 rings (SSSR count). The molecule has 0 atom stereocenters. The lowest BCUT2D eigenvalue weighted by Crippen LogP contribution is -2.52. The van der Waals surface area contributed by atoms with Gasteiger partial charge >= 0.3 is 0 Å². The minimum Gasteiger partial charge on any atom is -0.493 e. The summed E-state index contributed by atoms with van der Waals surface area (Å²) in [5.74, 6) is 1.30. The van der Waals surface area contributed by atoms with E-state index in [4.69, 9.17) is 14.2 Å². The Morgan fingerprint density at radius 3 is 2.55 bits per heavy atom. The van der Waals surface area contributed by atoms with E-state index in [-0.39, 0.29) is 36.7 Å². The topological polar surface area (TPSA) is 82.1 Å². The summed E-state index contributed by atoms with van der Waals surface area (Å²) >= 11 is 1.39. The molecular formula is C23H25NO6S. The lowest BCUT2D eigenvalue weighted by molar-refractivity contribution is -0.134. The van der Waals surface area contributed by atoms with Gasteiger partial charge in [0.05, 0.1) is 31.1 Å². The van der Waals surface area contributed by atoms with Crippen molar-refractivity contribution in [2.45, 2.75) is 37.7 Å². The largest absolute Gasteiger partial charge is 0.493 e. The monoisotopic (exact) mass is 443 g/mol. The standard InChI is InChI=1S/C23H25NO6S/c1-28-18-7-5-15-17(26)14-23(30-21(15)22(18)29-2)9-11-24(12-10-23)20(27)8-6-16(25)19-4-3-13-31-19/h3-5,7,13H,6,8-12,14H2,1-2H3. The number of thiophene rings is 1. The summed E-state index contributed by atoms with van der Waals surface area (Å²) in [7, 11) is 3.06. The van der Waals surface area contributed by atoms with Crippen LogP contribution in [0, 0.1) is 0 Å². The van der Waals surface area contributed by atoms with Gasteiger partial charge in [0.1, 0.15) is 5.60 Å². The predicted molar refractivity (Wildman–Crippen MR) is 116 cm³/mol. The first-order chi connectivity index (χ1) is 15.0. The van der Waals surface area contributed by atoms with Crippen molar-refractivity contribution >= 4 is 28.8 Å². The van der Waals surface area contributed by atoms with Crippen molar-refractivity contribution in [2.75, 3.05) is 27.3 Å². The normalized spacial score (nSPS) is 17.1. The number of carbonyl (C=O) groups excluding carboxylic acids is 3. The molecule has 8 heteroatoms. The highest BCUT2D eigenvalue weighted by atomic mass is 32.1. The number of ketones is 2. The van der Waals surface area contributed by atoms with Gasteiger partial charge in [0.25, 0.3) is 0 Å². The Bertz CT molecular complexity index is 992. The molecule has 1 amide bonds. The lowest BCUT2D eigenvalue weighted by Gasteiger charge is -2.44. The molecular weight excluding hydrogens is 418 g/mol. The summed E-state index contributed by atoms with van der Waals surface area (Å²) < 4.78 is 17.2. The van der Waals surface area contributed by atoms with E-state index in [9.17, 15) is 14.4 Å². The molecule has 1 saturated heterocycles. The van der Waals surface area contributed by atoms with Gasteiger partial charge in [0, 0.05) is 38.8 Å². The van der Waals surface area contributed by atoms with Crippen LogP contribution < -0.4 is 14.2 Å². The average Bonchev–Trinajstić information content (AvgIpc) is 3.32. The van der Waals surface area contributed by atoms with Gasteiger partial charge in [-0.05, 0) is 23.6 Å². The Hall–Kier alpha value is -2.87. The van der Waals surface area contributed by atoms with E-state index in [1.807, 2.05) is 11.4 Å². The predicted octanol–water partition coefficient (Wildman–Crippen LogP) is 3.75. The number of benzene rings is 1. The van der Waals surface area contributed by atoms with Gasteiger partial charge in [-0.15, -0.1) is 11.3 Å². The third-order valence-electron chi connectivity index (χ3n) is 5.99. The second-order valence-electron chi connectivity index (χ2n) is 7.84. The fraction of sp³-hybridized carbons (Fsp3) is 0.435. The molecule has 0 N–H and O–H groups in total. The van der Waals surface area contributed by atoms with Gasteiger partial charge < -0.3 is 19.1 Å². The summed E-state index contributed by atoms with van der Waals surface area (Å²) in [5.41, 5.74) is -0.165. The molecule has 3 heterocycles. The molecule has 1 aromatic heterocycles. The zero-order chi connectivity index (χ0) is 22.0. The van der Waals surface area contributed by atoms with Gasteiger partial charge in [-0.3, -0.25) is 14.4 Å². The van der Waals surface area contributed by atoms with Crippen LogP contribution in [-0.4, -0.2) is 55.3 Å². The lowest BCUT2D eigenvalue weighted by atomic mass is 9.82. The van der Waals surface area contributed by atoms with Crippen molar-refractivity contribution in [3.63, 3.8) is 0 Å². The number of piperidine rings is 1. The highest BCUT2D eigenvalue weighted by Crippen LogP contribution is 2.47. The summed E-state index contributed by atoms with van der Waals surface area (Å²) in [5, 5.41) is 1.85. The molecule has 0 unspecified atom stereocenters. The van der Waals surface area contributed by atoms with Crippen LogP contribution in [0.25, 0.3) is 0 Å². The van der Waals surface area contributed by atoms with Gasteiger partial charge in [-0.2, -0.15) is 0 Å². The van der Waals surface area contributed by atoms with E-state index in [0.29, 0.717) is 53.6 Å². The first kappa shape index (κ1) is 21.4. The first-order valence-electron chi connectivity index (χ1n) is 10.3. The second kappa shape index (κ2) is 8.70. The van der Waals surface area contributed by atoms with Crippen LogP contribution in [0.2, 0.25) is 0 Å². The van der Waals surface area contributed by atoms with Crippen molar-refractivity contribution in [1.82, 2.24) is 4.90 Å². The Balaban J connectivity index is 1.41. The molecule has 7 nitrogen and oxygen atoms in total. The SMILES string of the molecule is COc1ccc2c(c1OC)OC1(CCN(C(=O)CCC(=O)c3cccs3)CC1)CC2=O. The zero-order valence-corrected chi connectivity index (χ0v) is 18.5. The number of nitrogens with zero attached hydrogens (tertiary/aromatic N) is 1. The van der Waals surface area contributed by atoms with Gasteiger partial charge in [-0.25, -0.2) is 0 Å². The molecule has 0 aliphatic carbocycles. The number of fused-ring (bicyclic) bond motifs is 1. The number of hydrogen-bond donors (Lipinski definition) is 0. The highest BCUT2D eigenvalue weighted by molar-refractivity contribution is 7.12. The van der Waals surface area contributed by atoms with Crippen LogP contribution in [0.3, 0.4) is 0 Å². The molecule has 1 spiro atoms. The maximum absolute atomic E-state index is 12.8. The van der Waals surface area contributed by atoms with E-state index < -0.39 is 5.60 Å². The Kier molecular flexibility index (Phi) is 6.00. The number of carbonyl (C=O) groups is 3. The third kappa shape index (κ3) is 4.17. The minimum atomic E-state index is -0.659. The summed E-state index contributed by atoms with van der Waals surface area (Å²) in [4.78, 5) is 40.1. The van der Waals surface area contributed by atoms with Crippen LogP contribution in [0.15, 0.2) is 29.6 Å². The summed E-state index contributed by atoms with van der Waals surface area (Å²) in [6.07, 6.45) is 1.76. The van der Waals surface area contributed by atoms with Crippen molar-refractivity contribution in [2.24, 2.45) is 0 Å². The van der Waals surface area contributed by atoms with E-state index in [2.05, 4.69) is 0 Å². The number of Topliss-reactive ketones (excluding diaryl/α,β-unsaturated/α-hetero) is 2. The van der Waals surface area contributed by atoms with Crippen LogP contribution in [0.1, 0.15) is 52.1 Å². The van der Waals surface area contributed by atoms with Gasteiger partial charge in [0.15, 0.2) is 23.1 Å². The van der Waals surface area contributed by atoms with E-state index in [1.165, 1.54) is 25.6 Å². The third-order valence-corrected chi connectivity index (χ3v) is 6.90. The maximum atomic E-state index is 12.8. The van der Waals surface area contributed by atoms with E-state index in [0.717, 1.165) is 0 Å². The molecule has 1 fully saturated rings. The maximum Gasteiger partial charge on any atom is 0.223 e. The van der Waals surface area contributed by atoms with Gasteiger partial charge in [-0.1, -0.05) is 6.07 Å². The van der Waals surface area contributed by atoms with Crippen molar-refractivity contribution in [3.05, 3.63) is 40.1 Å². The Morgan fingerprint density at radius 2 is 1.90 bits per heavy atom. The number of rotatable bonds is 6. The van der Waals surface area contributed by atoms with Crippen LogP contribution in [0.4, 0.5) is 0 Å². The molecule has 2 aromatic rings. The first-order valence-corrected chi connectivity index (χ1v) is 11.2. The van der Waals surface area contributed by atoms with E-state index in [1.54, 1.807) is 23.1 Å². The van der Waals surface area contributed by atoms with Crippen LogP contribution in [0.5, 0.6) is 17.2 Å². The second-order valence-corrected chi connectivity index (χ2v) is 8.79. The molecule has 0 saturated carbocycles. The van der Waals surface area contributed by atoms with Crippen molar-refractivity contribution in [1.29, 1.82) is 0 Å². The summed E-state index contributed by atoms with van der Waals surface area (Å²) in [6.45, 7) is 0.974. The number of methoxy groups -OCH3 is 2. The molecule has 31 heavy (non-hydrogen) atoms. The van der Waals surface area contributed by atoms with E-state index >= 15 is 0 Å². The van der Waals surface area contributed by atoms with Crippen molar-refractivity contribution in [3.8, 4) is 17.2 Å². The number of amides is 1. The molecule has 1 aromatic carbocycles. The number of likely N-dealkylation sites (tertiary alicyclic amines) is 1. The van der Waals surface area contributed by atoms with Crippen LogP contribution in [-0.2, 0) is 4.79 Å². The molecule has 0 bridgehead atoms. The Morgan fingerprint density at radius 1 is 1.13 bits per heavy atom. The molecule has 2 aliphatic rings. The van der Waals surface area contributed by atoms with Crippen LogP contribution >= 0.6 is 11.3 Å². The van der Waals surface area contributed by atoms with Crippen molar-refractivity contribution < 1.29 is 28.6 Å². The van der Waals surface area contributed by atoms with Gasteiger partial charge in [0.2, 0.25) is 11.7 Å². The number of hydrogen-bond acceptors (Lipinski definition) is 7. The number of ether oxygens (including phenoxy) is 3. The minimum absolute atomic E-state index is 0.00326. The highest BCUT2D eigenvalue weighted by Gasteiger charge is 2.45. The molecule has 164 valence electrons. The zero-order valence-electron chi connectivity index (χ0n) is 17.6. The fourth-order valence-electron chi connectivity index (χ4n) is 4.24.